The average molecular weight is 195 g/mol. The molecule has 2 rings (SSSR count). The van der Waals surface area contributed by atoms with E-state index in [0.717, 1.165) is 24.3 Å². The second-order valence-corrected chi connectivity index (χ2v) is 5.48. The van der Waals surface area contributed by atoms with Crippen molar-refractivity contribution >= 4 is 0 Å². The number of rotatable bonds is 4. The fourth-order valence-electron chi connectivity index (χ4n) is 2.69. The Labute approximate surface area is 86.4 Å². The lowest BCUT2D eigenvalue weighted by Crippen LogP contribution is -2.37. The molecule has 2 heteroatoms. The van der Waals surface area contributed by atoms with Gasteiger partial charge in [-0.25, -0.2) is 0 Å². The first-order valence-electron chi connectivity index (χ1n) is 5.66. The lowest BCUT2D eigenvalue weighted by atomic mass is 9.93. The van der Waals surface area contributed by atoms with E-state index in [1.165, 1.54) is 12.8 Å². The van der Waals surface area contributed by atoms with Crippen molar-refractivity contribution in [1.82, 2.24) is 5.32 Å². The van der Waals surface area contributed by atoms with Gasteiger partial charge < -0.3 is 10.4 Å². The molecule has 0 saturated heterocycles. The summed E-state index contributed by atoms with van der Waals surface area (Å²) in [5.74, 6) is 2.48. The fraction of sp³-hybridized carbons (Fsp3) is 0.833. The minimum atomic E-state index is -0.576. The molecule has 2 bridgehead atoms. The van der Waals surface area contributed by atoms with E-state index in [1.807, 2.05) is 13.8 Å². The number of allylic oxidation sites excluding steroid dienone is 2. The number of nitrogens with one attached hydrogen (secondary N) is 1. The highest BCUT2D eigenvalue weighted by molar-refractivity contribution is 5.10. The topological polar surface area (TPSA) is 32.3 Å². The van der Waals surface area contributed by atoms with E-state index in [9.17, 15) is 5.11 Å². The van der Waals surface area contributed by atoms with Crippen LogP contribution in [0.25, 0.3) is 0 Å². The summed E-state index contributed by atoms with van der Waals surface area (Å²) in [7, 11) is 0. The molecule has 0 aromatic carbocycles. The van der Waals surface area contributed by atoms with Crippen molar-refractivity contribution in [3.8, 4) is 0 Å². The molecule has 2 aliphatic carbocycles. The third-order valence-corrected chi connectivity index (χ3v) is 3.38. The zero-order chi connectivity index (χ0) is 10.2. The summed E-state index contributed by atoms with van der Waals surface area (Å²) >= 11 is 0. The van der Waals surface area contributed by atoms with Crippen LogP contribution in [0, 0.1) is 17.8 Å². The van der Waals surface area contributed by atoms with Crippen LogP contribution in [-0.2, 0) is 0 Å². The van der Waals surface area contributed by atoms with Crippen molar-refractivity contribution in [3.05, 3.63) is 12.2 Å². The molecule has 0 aliphatic heterocycles. The molecule has 14 heavy (non-hydrogen) atoms. The van der Waals surface area contributed by atoms with Crippen molar-refractivity contribution in [2.24, 2.45) is 17.8 Å². The van der Waals surface area contributed by atoms with Gasteiger partial charge in [0.15, 0.2) is 0 Å². The first kappa shape index (κ1) is 10.2. The molecule has 80 valence electrons. The molecule has 2 nitrogen and oxygen atoms in total. The maximum atomic E-state index is 9.55. The SMILES string of the molecule is CC(C)(O)CNCC1CC2C=CC1C2. The molecule has 3 unspecified atom stereocenters. The minimum absolute atomic E-state index is 0.576. The molecule has 0 aromatic rings. The van der Waals surface area contributed by atoms with Gasteiger partial charge in [0.2, 0.25) is 0 Å². The van der Waals surface area contributed by atoms with Gasteiger partial charge in [0.25, 0.3) is 0 Å². The van der Waals surface area contributed by atoms with Crippen LogP contribution in [0.5, 0.6) is 0 Å². The molecule has 0 spiro atoms. The molecule has 0 amide bonds. The molecule has 1 saturated carbocycles. The second-order valence-electron chi connectivity index (χ2n) is 5.48. The summed E-state index contributed by atoms with van der Waals surface area (Å²) in [6.45, 7) is 5.46. The minimum Gasteiger partial charge on any atom is -0.389 e. The van der Waals surface area contributed by atoms with Crippen LogP contribution in [0.2, 0.25) is 0 Å². The molecule has 3 atom stereocenters. The Balaban J connectivity index is 1.70. The third-order valence-electron chi connectivity index (χ3n) is 3.38. The van der Waals surface area contributed by atoms with Crippen molar-refractivity contribution in [2.45, 2.75) is 32.3 Å². The van der Waals surface area contributed by atoms with Gasteiger partial charge in [0.1, 0.15) is 0 Å². The first-order chi connectivity index (χ1) is 6.54. The Morgan fingerprint density at radius 3 is 2.64 bits per heavy atom. The lowest BCUT2D eigenvalue weighted by molar-refractivity contribution is 0.0783. The Morgan fingerprint density at radius 1 is 1.36 bits per heavy atom. The van der Waals surface area contributed by atoms with E-state index in [4.69, 9.17) is 0 Å². The molecule has 0 radical (unpaired) electrons. The van der Waals surface area contributed by atoms with Crippen LogP contribution in [0.1, 0.15) is 26.7 Å². The maximum absolute atomic E-state index is 9.55. The Bertz CT molecular complexity index is 229. The van der Waals surface area contributed by atoms with E-state index in [2.05, 4.69) is 17.5 Å². The van der Waals surface area contributed by atoms with Gasteiger partial charge in [-0.05, 0) is 51.0 Å². The third kappa shape index (κ3) is 2.37. The average Bonchev–Trinajstić information content (AvgIpc) is 2.62. The van der Waals surface area contributed by atoms with Crippen LogP contribution in [-0.4, -0.2) is 23.8 Å². The summed E-state index contributed by atoms with van der Waals surface area (Å²) in [6.07, 6.45) is 7.47. The summed E-state index contributed by atoms with van der Waals surface area (Å²) < 4.78 is 0. The summed E-state index contributed by atoms with van der Waals surface area (Å²) in [6, 6.07) is 0. The van der Waals surface area contributed by atoms with Crippen LogP contribution in [0.3, 0.4) is 0 Å². The number of hydrogen-bond acceptors (Lipinski definition) is 2. The predicted molar refractivity (Wildman–Crippen MR) is 58.0 cm³/mol. The van der Waals surface area contributed by atoms with Crippen molar-refractivity contribution in [3.63, 3.8) is 0 Å². The van der Waals surface area contributed by atoms with Gasteiger partial charge >= 0.3 is 0 Å². The highest BCUT2D eigenvalue weighted by Gasteiger charge is 2.35. The largest absolute Gasteiger partial charge is 0.389 e. The van der Waals surface area contributed by atoms with Gasteiger partial charge in [-0.15, -0.1) is 0 Å². The van der Waals surface area contributed by atoms with Gasteiger partial charge in [-0.1, -0.05) is 12.2 Å². The van der Waals surface area contributed by atoms with E-state index in [0.29, 0.717) is 6.54 Å². The lowest BCUT2D eigenvalue weighted by Gasteiger charge is -2.22. The highest BCUT2D eigenvalue weighted by Crippen LogP contribution is 2.42. The van der Waals surface area contributed by atoms with Crippen molar-refractivity contribution in [2.75, 3.05) is 13.1 Å². The molecule has 0 heterocycles. The van der Waals surface area contributed by atoms with Gasteiger partial charge in [-0.2, -0.15) is 0 Å². The smallest absolute Gasteiger partial charge is 0.0715 e. The van der Waals surface area contributed by atoms with Crippen LogP contribution in [0.15, 0.2) is 12.2 Å². The van der Waals surface area contributed by atoms with Gasteiger partial charge in [0.05, 0.1) is 5.60 Å². The van der Waals surface area contributed by atoms with E-state index >= 15 is 0 Å². The van der Waals surface area contributed by atoms with Gasteiger partial charge in [0, 0.05) is 6.54 Å². The first-order valence-corrected chi connectivity index (χ1v) is 5.66. The molecular formula is C12H21NO. The van der Waals surface area contributed by atoms with Crippen molar-refractivity contribution < 1.29 is 5.11 Å². The quantitative estimate of drug-likeness (QED) is 0.667. The summed E-state index contributed by atoms with van der Waals surface area (Å²) in [4.78, 5) is 0. The molecular weight excluding hydrogens is 174 g/mol. The van der Waals surface area contributed by atoms with Crippen LogP contribution >= 0.6 is 0 Å². The number of fused-ring (bicyclic) bond motifs is 2. The Hall–Kier alpha value is -0.340. The normalized spacial score (nSPS) is 35.5. The number of aliphatic hydroxyl groups is 1. The van der Waals surface area contributed by atoms with E-state index in [-0.39, 0.29) is 0 Å². The predicted octanol–water partition coefficient (Wildman–Crippen LogP) is 1.56. The zero-order valence-electron chi connectivity index (χ0n) is 9.16. The monoisotopic (exact) mass is 195 g/mol. The van der Waals surface area contributed by atoms with Crippen LogP contribution in [0.4, 0.5) is 0 Å². The Kier molecular flexibility index (Phi) is 2.67. The highest BCUT2D eigenvalue weighted by atomic mass is 16.3. The summed E-state index contributed by atoms with van der Waals surface area (Å²) in [5, 5.41) is 12.9. The maximum Gasteiger partial charge on any atom is 0.0715 e. The standard InChI is InChI=1S/C12H21NO/c1-12(2,14)8-13-7-11-6-9-3-4-10(11)5-9/h3-4,9-11,13-14H,5-8H2,1-2H3. The molecule has 2 aliphatic rings. The van der Waals surface area contributed by atoms with E-state index < -0.39 is 5.60 Å². The number of hydrogen-bond donors (Lipinski definition) is 2. The summed E-state index contributed by atoms with van der Waals surface area (Å²) in [5.41, 5.74) is -0.576. The molecule has 0 aromatic heterocycles. The van der Waals surface area contributed by atoms with E-state index in [1.54, 1.807) is 0 Å². The second kappa shape index (κ2) is 3.67. The molecule has 1 fully saturated rings. The molecule has 2 N–H and O–H groups in total. The van der Waals surface area contributed by atoms with Crippen LogP contribution < -0.4 is 5.32 Å². The van der Waals surface area contributed by atoms with Gasteiger partial charge in [-0.3, -0.25) is 0 Å². The zero-order valence-corrected chi connectivity index (χ0v) is 9.16. The fourth-order valence-corrected chi connectivity index (χ4v) is 2.69. The Morgan fingerprint density at radius 2 is 2.14 bits per heavy atom. The van der Waals surface area contributed by atoms with Crippen molar-refractivity contribution in [1.29, 1.82) is 0 Å².